The van der Waals surface area contributed by atoms with Crippen LogP contribution in [0.3, 0.4) is 0 Å². The van der Waals surface area contributed by atoms with Crippen molar-refractivity contribution in [1.82, 2.24) is 0 Å². The molecule has 4 rings (SSSR count). The molecule has 0 aromatic heterocycles. The minimum atomic E-state index is -0.638. The Morgan fingerprint density at radius 2 is 1.79 bits per heavy atom. The lowest BCUT2D eigenvalue weighted by Gasteiger charge is -2.65. The van der Waals surface area contributed by atoms with E-state index in [9.17, 15) is 14.7 Å². The lowest BCUT2D eigenvalue weighted by Crippen LogP contribution is -2.65. The molecule has 0 spiro atoms. The third-order valence-corrected chi connectivity index (χ3v) is 10.8. The largest absolute Gasteiger partial charge is 0.481 e. The minimum Gasteiger partial charge on any atom is -0.481 e. The number of carbonyl (C=O) groups is 2. The number of halogens is 2. The average Bonchev–Trinajstić information content (AvgIpc) is 2.95. The van der Waals surface area contributed by atoms with Crippen molar-refractivity contribution >= 4 is 35.1 Å². The van der Waals surface area contributed by atoms with E-state index < -0.39 is 10.8 Å². The standard InChI is InChI=1S/C22H32Cl2O4/c1-12(25)28-13-6-9-21(3)16-7-8-20(2)15(4-5-17(20)19(26)27)14(16)10-18(23)22(21,24)11-13/h13-18H,4-11H2,1-3H3,(H,26,27). The number of fused-ring (bicyclic) bond motifs is 5. The number of alkyl halides is 2. The van der Waals surface area contributed by atoms with Crippen LogP contribution in [0.15, 0.2) is 0 Å². The van der Waals surface area contributed by atoms with E-state index in [1.165, 1.54) is 6.92 Å². The summed E-state index contributed by atoms with van der Waals surface area (Å²) in [6.07, 6.45) is 6.78. The molecule has 158 valence electrons. The van der Waals surface area contributed by atoms with Crippen LogP contribution in [0, 0.1) is 34.5 Å². The first-order valence-electron chi connectivity index (χ1n) is 10.8. The predicted octanol–water partition coefficient (Wildman–Crippen LogP) is 5.24. The summed E-state index contributed by atoms with van der Waals surface area (Å²) in [5, 5.41) is 9.57. The number of ether oxygens (including phenoxy) is 1. The Morgan fingerprint density at radius 3 is 2.43 bits per heavy atom. The van der Waals surface area contributed by atoms with Gasteiger partial charge in [0.15, 0.2) is 0 Å². The van der Waals surface area contributed by atoms with E-state index in [1.807, 2.05) is 0 Å². The van der Waals surface area contributed by atoms with Gasteiger partial charge in [-0.3, -0.25) is 9.59 Å². The molecule has 6 heteroatoms. The molecule has 0 aliphatic heterocycles. The Kier molecular flexibility index (Phi) is 5.02. The van der Waals surface area contributed by atoms with E-state index in [2.05, 4.69) is 13.8 Å². The molecule has 0 aromatic rings. The Bertz CT molecular complexity index is 683. The number of carboxylic acid groups (broad SMARTS) is 1. The van der Waals surface area contributed by atoms with Crippen LogP contribution in [0.2, 0.25) is 0 Å². The van der Waals surface area contributed by atoms with Crippen molar-refractivity contribution in [2.24, 2.45) is 34.5 Å². The van der Waals surface area contributed by atoms with Crippen molar-refractivity contribution in [3.05, 3.63) is 0 Å². The van der Waals surface area contributed by atoms with Crippen molar-refractivity contribution in [2.45, 2.75) is 88.5 Å². The maximum Gasteiger partial charge on any atom is 0.307 e. The van der Waals surface area contributed by atoms with Crippen LogP contribution in [0.1, 0.15) is 72.1 Å². The van der Waals surface area contributed by atoms with Crippen molar-refractivity contribution in [2.75, 3.05) is 0 Å². The molecule has 9 atom stereocenters. The zero-order chi connectivity index (χ0) is 20.5. The van der Waals surface area contributed by atoms with Gasteiger partial charge >= 0.3 is 11.9 Å². The topological polar surface area (TPSA) is 63.6 Å². The van der Waals surface area contributed by atoms with Gasteiger partial charge in [0.05, 0.1) is 16.2 Å². The molecule has 0 aromatic carbocycles. The molecule has 4 aliphatic carbocycles. The second-order valence-corrected chi connectivity index (χ2v) is 11.5. The number of hydrogen-bond acceptors (Lipinski definition) is 3. The fraction of sp³-hybridized carbons (Fsp3) is 0.909. The van der Waals surface area contributed by atoms with Gasteiger partial charge in [0, 0.05) is 13.3 Å². The molecule has 4 saturated carbocycles. The molecule has 4 aliphatic rings. The normalized spacial score (nSPS) is 52.9. The van der Waals surface area contributed by atoms with E-state index in [-0.39, 0.29) is 34.2 Å². The number of aliphatic carboxylic acids is 1. The summed E-state index contributed by atoms with van der Waals surface area (Å²) >= 11 is 14.3. The molecule has 0 amide bonds. The van der Waals surface area contributed by atoms with Gasteiger partial charge in [-0.25, -0.2) is 0 Å². The molecule has 0 saturated heterocycles. The van der Waals surface area contributed by atoms with Gasteiger partial charge < -0.3 is 9.84 Å². The highest BCUT2D eigenvalue weighted by Gasteiger charge is 2.67. The number of carbonyl (C=O) groups excluding carboxylic acids is 1. The summed E-state index contributed by atoms with van der Waals surface area (Å²) < 4.78 is 5.51. The fourth-order valence-corrected chi connectivity index (χ4v) is 8.93. The van der Waals surface area contributed by atoms with E-state index >= 15 is 0 Å². The third kappa shape index (κ3) is 2.76. The zero-order valence-electron chi connectivity index (χ0n) is 17.0. The Hall–Kier alpha value is -0.480. The Balaban J connectivity index is 1.63. The van der Waals surface area contributed by atoms with Gasteiger partial charge in [0.25, 0.3) is 0 Å². The summed E-state index contributed by atoms with van der Waals surface area (Å²) in [4.78, 5) is 22.8. The van der Waals surface area contributed by atoms with Crippen LogP contribution in [-0.4, -0.2) is 33.4 Å². The molecule has 9 unspecified atom stereocenters. The summed E-state index contributed by atoms with van der Waals surface area (Å²) in [6, 6.07) is 0. The van der Waals surface area contributed by atoms with Crippen molar-refractivity contribution in [3.63, 3.8) is 0 Å². The summed E-state index contributed by atoms with van der Waals surface area (Å²) in [7, 11) is 0. The van der Waals surface area contributed by atoms with Crippen LogP contribution in [0.25, 0.3) is 0 Å². The maximum absolute atomic E-state index is 11.9. The molecule has 0 heterocycles. The summed E-state index contributed by atoms with van der Waals surface area (Å²) in [5.41, 5.74) is -0.232. The van der Waals surface area contributed by atoms with Gasteiger partial charge in [-0.15, -0.1) is 23.2 Å². The molecule has 0 bridgehead atoms. The average molecular weight is 431 g/mol. The first kappa shape index (κ1) is 20.8. The highest BCUT2D eigenvalue weighted by atomic mass is 35.5. The molecular weight excluding hydrogens is 399 g/mol. The highest BCUT2D eigenvalue weighted by Crippen LogP contribution is 2.70. The van der Waals surface area contributed by atoms with Crippen LogP contribution < -0.4 is 0 Å². The van der Waals surface area contributed by atoms with Crippen LogP contribution in [-0.2, 0) is 14.3 Å². The first-order chi connectivity index (χ1) is 13.0. The molecule has 1 N–H and O–H groups in total. The first-order valence-corrected chi connectivity index (χ1v) is 11.6. The van der Waals surface area contributed by atoms with Crippen molar-refractivity contribution in [1.29, 1.82) is 0 Å². The third-order valence-electron chi connectivity index (χ3n) is 9.32. The van der Waals surface area contributed by atoms with E-state index in [0.29, 0.717) is 24.2 Å². The second kappa shape index (κ2) is 6.77. The van der Waals surface area contributed by atoms with Gasteiger partial charge in [-0.2, -0.15) is 0 Å². The van der Waals surface area contributed by atoms with Gasteiger partial charge in [0.1, 0.15) is 6.10 Å². The number of carboxylic acids is 1. The molecule has 28 heavy (non-hydrogen) atoms. The van der Waals surface area contributed by atoms with Crippen molar-refractivity contribution in [3.8, 4) is 0 Å². The fourth-order valence-electron chi connectivity index (χ4n) is 7.89. The molecule has 4 nitrogen and oxygen atoms in total. The summed E-state index contributed by atoms with van der Waals surface area (Å²) in [6.45, 7) is 5.94. The van der Waals surface area contributed by atoms with Crippen molar-refractivity contribution < 1.29 is 19.4 Å². The SMILES string of the molecule is CC(=O)OC1CCC2(C)C3CCC4(C)C(C(=O)O)CCC4C3CC(Cl)C2(Cl)C1. The predicted molar refractivity (Wildman–Crippen MR) is 109 cm³/mol. The van der Waals surface area contributed by atoms with Crippen LogP contribution in [0.5, 0.6) is 0 Å². The molecule has 4 fully saturated rings. The van der Waals surface area contributed by atoms with Gasteiger partial charge in [-0.05, 0) is 73.5 Å². The Labute approximate surface area is 177 Å². The minimum absolute atomic E-state index is 0.108. The van der Waals surface area contributed by atoms with Gasteiger partial charge in [0.2, 0.25) is 0 Å². The lowest BCUT2D eigenvalue weighted by atomic mass is 9.44. The number of hydrogen-bond donors (Lipinski definition) is 1. The van der Waals surface area contributed by atoms with E-state index in [1.54, 1.807) is 0 Å². The highest BCUT2D eigenvalue weighted by molar-refractivity contribution is 6.33. The summed E-state index contributed by atoms with van der Waals surface area (Å²) in [5.74, 6) is 0.186. The molecule has 0 radical (unpaired) electrons. The monoisotopic (exact) mass is 430 g/mol. The van der Waals surface area contributed by atoms with E-state index in [4.69, 9.17) is 27.9 Å². The number of rotatable bonds is 2. The smallest absolute Gasteiger partial charge is 0.307 e. The van der Waals surface area contributed by atoms with Crippen LogP contribution >= 0.6 is 23.2 Å². The quantitative estimate of drug-likeness (QED) is 0.480. The lowest BCUT2D eigenvalue weighted by molar-refractivity contribution is -0.160. The van der Waals surface area contributed by atoms with Gasteiger partial charge in [-0.1, -0.05) is 13.8 Å². The molecular formula is C22H32Cl2O4. The van der Waals surface area contributed by atoms with E-state index in [0.717, 1.165) is 44.9 Å². The maximum atomic E-state index is 11.9. The number of esters is 1. The van der Waals surface area contributed by atoms with Crippen LogP contribution in [0.4, 0.5) is 0 Å². The second-order valence-electron chi connectivity index (χ2n) is 10.3. The zero-order valence-corrected chi connectivity index (χ0v) is 18.6. The Morgan fingerprint density at radius 1 is 1.07 bits per heavy atom.